The number of aryl methyl sites for hydroxylation is 1. The highest BCUT2D eigenvalue weighted by Crippen LogP contribution is 2.28. The number of carbonyl (C=O) groups is 3. The van der Waals surface area contributed by atoms with Crippen LogP contribution in [0, 0.1) is 6.92 Å². The van der Waals surface area contributed by atoms with E-state index in [0.29, 0.717) is 41.1 Å². The largest absolute Gasteiger partial charge is 0.441 e. The molecular weight excluding hydrogens is 436 g/mol. The van der Waals surface area contributed by atoms with Gasteiger partial charge in [0.25, 0.3) is 5.24 Å². The Labute approximate surface area is 194 Å². The molecule has 6 nitrogen and oxygen atoms in total. The van der Waals surface area contributed by atoms with Gasteiger partial charge in [0.1, 0.15) is 11.8 Å². The zero-order chi connectivity index (χ0) is 22.9. The van der Waals surface area contributed by atoms with Crippen LogP contribution in [0.2, 0.25) is 0 Å². The minimum atomic E-state index is -0.554. The molecule has 0 saturated carbocycles. The fourth-order valence-corrected chi connectivity index (χ4v) is 4.74. The number of oxazole rings is 1. The van der Waals surface area contributed by atoms with Crippen molar-refractivity contribution in [1.82, 2.24) is 10.3 Å². The fraction of sp³-hybridized carbons (Fsp3) is 0.154. The Hall–Kier alpha value is -3.71. The molecule has 0 spiro atoms. The number of rotatable bonds is 6. The van der Waals surface area contributed by atoms with Crippen molar-refractivity contribution in [3.05, 3.63) is 89.3 Å². The van der Waals surface area contributed by atoms with Gasteiger partial charge in [0.05, 0.1) is 12.1 Å². The molecule has 33 heavy (non-hydrogen) atoms. The molecular formula is C26H20N2O4S. The van der Waals surface area contributed by atoms with Crippen LogP contribution in [-0.4, -0.2) is 27.2 Å². The predicted octanol–water partition coefficient (Wildman–Crippen LogP) is 5.12. The van der Waals surface area contributed by atoms with Crippen molar-refractivity contribution in [2.45, 2.75) is 25.8 Å². The Morgan fingerprint density at radius 2 is 1.73 bits per heavy atom. The average Bonchev–Trinajstić information content (AvgIpc) is 3.34. The smallest absolute Gasteiger partial charge is 0.287 e. The Morgan fingerprint density at radius 1 is 1.00 bits per heavy atom. The van der Waals surface area contributed by atoms with Crippen LogP contribution in [0.1, 0.15) is 27.4 Å². The second-order valence-electron chi connectivity index (χ2n) is 7.92. The Kier molecular flexibility index (Phi) is 5.56. The van der Waals surface area contributed by atoms with Gasteiger partial charge in [-0.2, -0.15) is 0 Å². The fourth-order valence-electron chi connectivity index (χ4n) is 4.07. The summed E-state index contributed by atoms with van der Waals surface area (Å²) in [6.07, 6.45) is 0.509. The van der Waals surface area contributed by atoms with Gasteiger partial charge in [0, 0.05) is 29.3 Å². The molecule has 3 aromatic carbocycles. The maximum Gasteiger partial charge on any atom is 0.287 e. The van der Waals surface area contributed by atoms with Crippen molar-refractivity contribution < 1.29 is 18.8 Å². The van der Waals surface area contributed by atoms with Crippen LogP contribution in [0.15, 0.2) is 71.1 Å². The Balaban J connectivity index is 1.44. The predicted molar refractivity (Wildman–Crippen MR) is 127 cm³/mol. The summed E-state index contributed by atoms with van der Waals surface area (Å²) >= 11 is 0.705. The number of carbonyl (C=O) groups excluding carboxylic acids is 3. The van der Waals surface area contributed by atoms with Gasteiger partial charge in [-0.3, -0.25) is 14.4 Å². The minimum absolute atomic E-state index is 0.0606. The van der Waals surface area contributed by atoms with Crippen molar-refractivity contribution in [3.63, 3.8) is 0 Å². The number of nitrogens with zero attached hydrogens (tertiary/aromatic N) is 1. The third kappa shape index (κ3) is 4.19. The summed E-state index contributed by atoms with van der Waals surface area (Å²) in [6, 6.07) is 20.3. The van der Waals surface area contributed by atoms with Gasteiger partial charge < -0.3 is 9.73 Å². The summed E-state index contributed by atoms with van der Waals surface area (Å²) < 4.78 is 5.81. The number of thioether (sulfide) groups is 1. The molecule has 1 unspecified atom stereocenters. The molecule has 0 bridgehead atoms. The van der Waals surface area contributed by atoms with Crippen LogP contribution in [-0.2, 0) is 17.6 Å². The molecule has 0 aliphatic carbocycles. The van der Waals surface area contributed by atoms with Gasteiger partial charge in [0.15, 0.2) is 5.78 Å². The number of hydrogen-bond acceptors (Lipinski definition) is 6. The van der Waals surface area contributed by atoms with E-state index in [2.05, 4.69) is 10.3 Å². The van der Waals surface area contributed by atoms with Gasteiger partial charge in [-0.1, -0.05) is 54.6 Å². The van der Waals surface area contributed by atoms with E-state index < -0.39 is 6.04 Å². The summed E-state index contributed by atoms with van der Waals surface area (Å²) in [7, 11) is 0. The number of hydrogen-bond donors (Lipinski definition) is 1. The number of fused-ring (bicyclic) bond motifs is 1. The molecule has 1 fully saturated rings. The molecule has 1 atom stereocenters. The first-order valence-corrected chi connectivity index (χ1v) is 11.4. The van der Waals surface area contributed by atoms with Crippen LogP contribution in [0.4, 0.5) is 4.79 Å². The third-order valence-corrected chi connectivity index (χ3v) is 6.54. The Bertz CT molecular complexity index is 1390. The van der Waals surface area contributed by atoms with E-state index in [1.807, 2.05) is 67.6 Å². The van der Waals surface area contributed by atoms with Gasteiger partial charge in [0.2, 0.25) is 11.0 Å². The molecule has 7 heteroatoms. The Morgan fingerprint density at radius 3 is 2.45 bits per heavy atom. The molecule has 1 N–H and O–H groups in total. The van der Waals surface area contributed by atoms with E-state index in [-0.39, 0.29) is 22.6 Å². The second-order valence-corrected chi connectivity index (χ2v) is 8.89. The molecule has 164 valence electrons. The maximum atomic E-state index is 13.3. The number of nitrogens with one attached hydrogen (secondary N) is 1. The molecule has 2 heterocycles. The summed E-state index contributed by atoms with van der Waals surface area (Å²) in [5.41, 5.74) is 2.98. The lowest BCUT2D eigenvalue weighted by Gasteiger charge is -2.13. The number of ketones is 1. The number of benzene rings is 3. The first kappa shape index (κ1) is 21.2. The van der Waals surface area contributed by atoms with Gasteiger partial charge in [-0.15, -0.1) is 0 Å². The summed E-state index contributed by atoms with van der Waals surface area (Å²) in [5.74, 6) is 1.06. The number of aromatic nitrogens is 1. The van der Waals surface area contributed by atoms with E-state index >= 15 is 0 Å². The van der Waals surface area contributed by atoms with Gasteiger partial charge in [-0.05, 0) is 35.4 Å². The minimum Gasteiger partial charge on any atom is -0.441 e. The van der Waals surface area contributed by atoms with E-state index in [9.17, 15) is 14.4 Å². The summed E-state index contributed by atoms with van der Waals surface area (Å²) in [5, 5.41) is 3.90. The second kappa shape index (κ2) is 8.67. The van der Waals surface area contributed by atoms with Crippen molar-refractivity contribution >= 4 is 38.7 Å². The van der Waals surface area contributed by atoms with Crippen LogP contribution in [0.5, 0.6) is 0 Å². The molecule has 1 aliphatic rings. The molecule has 1 amide bonds. The van der Waals surface area contributed by atoms with Crippen LogP contribution < -0.4 is 5.32 Å². The highest BCUT2D eigenvalue weighted by molar-refractivity contribution is 8.26. The van der Waals surface area contributed by atoms with Crippen molar-refractivity contribution in [3.8, 4) is 11.5 Å². The summed E-state index contributed by atoms with van der Waals surface area (Å²) in [6.45, 7) is 1.81. The molecule has 0 radical (unpaired) electrons. The molecule has 1 aromatic heterocycles. The highest BCUT2D eigenvalue weighted by atomic mass is 32.2. The van der Waals surface area contributed by atoms with E-state index in [1.54, 1.807) is 6.07 Å². The van der Waals surface area contributed by atoms with Crippen molar-refractivity contribution in [1.29, 1.82) is 0 Å². The van der Waals surface area contributed by atoms with Crippen molar-refractivity contribution in [2.75, 3.05) is 0 Å². The zero-order valence-electron chi connectivity index (χ0n) is 17.8. The highest BCUT2D eigenvalue weighted by Gasteiger charge is 2.31. The molecule has 5 rings (SSSR count). The maximum absolute atomic E-state index is 13.3. The number of Topliss-reactive ketones (excluding diaryl/α,β-unsaturated/α-hetero) is 1. The molecule has 1 aliphatic heterocycles. The van der Waals surface area contributed by atoms with Crippen LogP contribution >= 0.6 is 11.8 Å². The van der Waals surface area contributed by atoms with E-state index in [0.717, 1.165) is 21.9 Å². The lowest BCUT2D eigenvalue weighted by Crippen LogP contribution is -2.30. The number of amides is 1. The summed E-state index contributed by atoms with van der Waals surface area (Å²) in [4.78, 5) is 41.4. The van der Waals surface area contributed by atoms with Crippen molar-refractivity contribution in [2.24, 2.45) is 0 Å². The van der Waals surface area contributed by atoms with E-state index in [1.165, 1.54) is 0 Å². The first-order chi connectivity index (χ1) is 16.0. The first-order valence-electron chi connectivity index (χ1n) is 10.6. The lowest BCUT2D eigenvalue weighted by atomic mass is 9.93. The average molecular weight is 457 g/mol. The van der Waals surface area contributed by atoms with Gasteiger partial charge in [-0.25, -0.2) is 4.98 Å². The van der Waals surface area contributed by atoms with Crippen LogP contribution in [0.3, 0.4) is 0 Å². The lowest BCUT2D eigenvalue weighted by molar-refractivity contribution is -0.112. The monoisotopic (exact) mass is 456 g/mol. The molecule has 4 aromatic rings. The SMILES string of the molecule is Cc1oc(-c2ccccc2)nc1CC(=O)c1ccc(CC2NC(=O)SC2=O)c2ccccc12. The van der Waals surface area contributed by atoms with Crippen LogP contribution in [0.25, 0.3) is 22.2 Å². The normalized spacial score (nSPS) is 15.7. The topological polar surface area (TPSA) is 89.3 Å². The quantitative estimate of drug-likeness (QED) is 0.405. The molecule has 1 saturated heterocycles. The standard InChI is InChI=1S/C26H20N2O4S/c1-15-21(27-24(32-15)16-7-3-2-4-8-16)14-23(29)20-12-11-17(18-9-5-6-10-19(18)20)13-22-25(30)33-26(31)28-22/h2-12,22H,13-14H2,1H3,(H,28,31). The zero-order valence-corrected chi connectivity index (χ0v) is 18.6. The van der Waals surface area contributed by atoms with Gasteiger partial charge >= 0.3 is 0 Å². The van der Waals surface area contributed by atoms with E-state index in [4.69, 9.17) is 4.42 Å². The third-order valence-electron chi connectivity index (χ3n) is 5.75.